The third-order valence-corrected chi connectivity index (χ3v) is 4.67. The van der Waals surface area contributed by atoms with Gasteiger partial charge in [-0.15, -0.1) is 10.2 Å². The number of aromatic nitrogens is 2. The Hall–Kier alpha value is -3.04. The molecular formula is C20H22N4O4S. The Kier molecular flexibility index (Phi) is 6.73. The van der Waals surface area contributed by atoms with Gasteiger partial charge < -0.3 is 14.8 Å². The fourth-order valence-corrected chi connectivity index (χ4v) is 3.38. The molecule has 2 N–H and O–H groups in total. The fraction of sp³-hybridized carbons (Fsp3) is 0.300. The second-order valence-corrected chi connectivity index (χ2v) is 7.66. The summed E-state index contributed by atoms with van der Waals surface area (Å²) in [5, 5.41) is 16.2. The molecule has 0 radical (unpaired) electrons. The molecule has 0 fully saturated rings. The van der Waals surface area contributed by atoms with E-state index in [0.717, 1.165) is 10.8 Å². The summed E-state index contributed by atoms with van der Waals surface area (Å²) in [7, 11) is 1.56. The standard InChI is InChI=1S/C20H22N4O4S/c1-12(2)21-17(25)10-28-16-9-14-7-5-4-6-13(14)8-15(16)19(26)22-20-24-23-18(29-20)11-27-3/h4-9,12H,10-11H2,1-3H3,(H,21,25)(H,22,24,26). The fourth-order valence-electron chi connectivity index (χ4n) is 2.67. The molecule has 1 aromatic heterocycles. The van der Waals surface area contributed by atoms with Gasteiger partial charge in [-0.25, -0.2) is 0 Å². The Bertz CT molecular complexity index is 1020. The third kappa shape index (κ3) is 5.49. The van der Waals surface area contributed by atoms with Crippen LogP contribution in [0.2, 0.25) is 0 Å². The van der Waals surface area contributed by atoms with E-state index in [9.17, 15) is 9.59 Å². The summed E-state index contributed by atoms with van der Waals surface area (Å²) in [5.74, 6) is -0.329. The van der Waals surface area contributed by atoms with Gasteiger partial charge in [0.25, 0.3) is 11.8 Å². The number of hydrogen-bond donors (Lipinski definition) is 2. The summed E-state index contributed by atoms with van der Waals surface area (Å²) in [6.45, 7) is 3.87. The number of amides is 2. The first-order valence-electron chi connectivity index (χ1n) is 9.04. The van der Waals surface area contributed by atoms with Gasteiger partial charge in [-0.1, -0.05) is 35.6 Å². The molecule has 3 aromatic rings. The van der Waals surface area contributed by atoms with Gasteiger partial charge in [-0.3, -0.25) is 14.9 Å². The van der Waals surface area contributed by atoms with Gasteiger partial charge in [0.1, 0.15) is 17.4 Å². The molecular weight excluding hydrogens is 392 g/mol. The normalized spacial score (nSPS) is 10.9. The molecule has 29 heavy (non-hydrogen) atoms. The minimum Gasteiger partial charge on any atom is -0.483 e. The van der Waals surface area contributed by atoms with Gasteiger partial charge in [0.05, 0.1) is 5.56 Å². The molecule has 0 aliphatic heterocycles. The molecule has 152 valence electrons. The zero-order valence-electron chi connectivity index (χ0n) is 16.4. The maximum absolute atomic E-state index is 12.9. The summed E-state index contributed by atoms with van der Waals surface area (Å²) in [6.07, 6.45) is 0. The zero-order valence-corrected chi connectivity index (χ0v) is 17.2. The lowest BCUT2D eigenvalue weighted by Gasteiger charge is -2.13. The van der Waals surface area contributed by atoms with E-state index < -0.39 is 5.91 Å². The molecule has 8 nitrogen and oxygen atoms in total. The Morgan fingerprint density at radius 1 is 1.14 bits per heavy atom. The van der Waals surface area contributed by atoms with E-state index in [1.807, 2.05) is 38.1 Å². The minimum absolute atomic E-state index is 0.00386. The molecule has 2 amide bonds. The molecule has 0 saturated heterocycles. The topological polar surface area (TPSA) is 102 Å². The van der Waals surface area contributed by atoms with E-state index in [0.29, 0.717) is 28.1 Å². The van der Waals surface area contributed by atoms with Crippen molar-refractivity contribution in [2.24, 2.45) is 0 Å². The molecule has 0 bridgehead atoms. The molecule has 0 unspecified atom stereocenters. The Labute approximate surface area is 172 Å². The maximum atomic E-state index is 12.9. The third-order valence-electron chi connectivity index (χ3n) is 3.86. The SMILES string of the molecule is COCc1nnc(NC(=O)c2cc3ccccc3cc2OCC(=O)NC(C)C)s1. The van der Waals surface area contributed by atoms with Crippen LogP contribution in [0.15, 0.2) is 36.4 Å². The van der Waals surface area contributed by atoms with E-state index >= 15 is 0 Å². The number of nitrogens with zero attached hydrogens (tertiary/aromatic N) is 2. The van der Waals surface area contributed by atoms with Crippen LogP contribution in [0.4, 0.5) is 5.13 Å². The van der Waals surface area contributed by atoms with E-state index in [1.165, 1.54) is 11.3 Å². The van der Waals surface area contributed by atoms with Crippen LogP contribution in [-0.4, -0.2) is 41.8 Å². The van der Waals surface area contributed by atoms with Crippen LogP contribution < -0.4 is 15.4 Å². The van der Waals surface area contributed by atoms with Crippen LogP contribution in [0.25, 0.3) is 10.8 Å². The summed E-state index contributed by atoms with van der Waals surface area (Å²) in [6, 6.07) is 11.1. The number of anilines is 1. The van der Waals surface area contributed by atoms with Gasteiger partial charge in [0.2, 0.25) is 5.13 Å². The quantitative estimate of drug-likeness (QED) is 0.587. The minimum atomic E-state index is -0.393. The van der Waals surface area contributed by atoms with Crippen molar-refractivity contribution < 1.29 is 19.1 Å². The molecule has 0 spiro atoms. The van der Waals surface area contributed by atoms with Crippen molar-refractivity contribution in [2.75, 3.05) is 19.0 Å². The lowest BCUT2D eigenvalue weighted by molar-refractivity contribution is -0.123. The number of hydrogen-bond acceptors (Lipinski definition) is 7. The monoisotopic (exact) mass is 414 g/mol. The highest BCUT2D eigenvalue weighted by molar-refractivity contribution is 7.15. The van der Waals surface area contributed by atoms with Crippen LogP contribution in [0.5, 0.6) is 5.75 Å². The van der Waals surface area contributed by atoms with Crippen molar-refractivity contribution >= 4 is 39.1 Å². The smallest absolute Gasteiger partial charge is 0.261 e. The van der Waals surface area contributed by atoms with Gasteiger partial charge in [0, 0.05) is 13.2 Å². The van der Waals surface area contributed by atoms with Gasteiger partial charge >= 0.3 is 0 Å². The predicted octanol–water partition coefficient (Wildman–Crippen LogP) is 2.99. The van der Waals surface area contributed by atoms with Crippen LogP contribution >= 0.6 is 11.3 Å². The summed E-state index contributed by atoms with van der Waals surface area (Å²) >= 11 is 1.23. The van der Waals surface area contributed by atoms with Crippen molar-refractivity contribution in [1.29, 1.82) is 0 Å². The molecule has 9 heteroatoms. The van der Waals surface area contributed by atoms with Crippen LogP contribution in [0.3, 0.4) is 0 Å². The lowest BCUT2D eigenvalue weighted by Crippen LogP contribution is -2.34. The molecule has 2 aromatic carbocycles. The molecule has 0 atom stereocenters. The number of carbonyl (C=O) groups excluding carboxylic acids is 2. The Balaban J connectivity index is 1.85. The summed E-state index contributed by atoms with van der Waals surface area (Å²) < 4.78 is 10.7. The first-order chi connectivity index (χ1) is 14.0. The van der Waals surface area contributed by atoms with E-state index in [4.69, 9.17) is 9.47 Å². The number of nitrogens with one attached hydrogen (secondary N) is 2. The first kappa shape index (κ1) is 20.7. The molecule has 1 heterocycles. The molecule has 0 aliphatic rings. The van der Waals surface area contributed by atoms with E-state index in [2.05, 4.69) is 20.8 Å². The Morgan fingerprint density at radius 2 is 1.86 bits per heavy atom. The number of methoxy groups -OCH3 is 1. The van der Waals surface area contributed by atoms with Gasteiger partial charge in [-0.05, 0) is 36.8 Å². The largest absolute Gasteiger partial charge is 0.483 e. The van der Waals surface area contributed by atoms with Crippen molar-refractivity contribution in [2.45, 2.75) is 26.5 Å². The average Bonchev–Trinajstić information content (AvgIpc) is 3.12. The first-order valence-corrected chi connectivity index (χ1v) is 9.85. The number of carbonyl (C=O) groups is 2. The number of rotatable bonds is 8. The van der Waals surface area contributed by atoms with Crippen LogP contribution in [0.1, 0.15) is 29.2 Å². The number of benzene rings is 2. The van der Waals surface area contributed by atoms with Gasteiger partial charge in [0.15, 0.2) is 6.61 Å². The van der Waals surface area contributed by atoms with Crippen LogP contribution in [0, 0.1) is 0 Å². The van der Waals surface area contributed by atoms with Crippen molar-refractivity contribution in [1.82, 2.24) is 15.5 Å². The highest BCUT2D eigenvalue weighted by atomic mass is 32.1. The molecule has 3 rings (SSSR count). The van der Waals surface area contributed by atoms with Gasteiger partial charge in [-0.2, -0.15) is 0 Å². The highest BCUT2D eigenvalue weighted by Crippen LogP contribution is 2.27. The van der Waals surface area contributed by atoms with E-state index in [-0.39, 0.29) is 18.6 Å². The summed E-state index contributed by atoms with van der Waals surface area (Å²) in [5.41, 5.74) is 0.310. The second-order valence-electron chi connectivity index (χ2n) is 6.59. The number of fused-ring (bicyclic) bond motifs is 1. The molecule has 0 aliphatic carbocycles. The maximum Gasteiger partial charge on any atom is 0.261 e. The van der Waals surface area contributed by atoms with Crippen molar-refractivity contribution in [3.05, 3.63) is 47.0 Å². The number of ether oxygens (including phenoxy) is 2. The highest BCUT2D eigenvalue weighted by Gasteiger charge is 2.17. The Morgan fingerprint density at radius 3 is 2.55 bits per heavy atom. The predicted molar refractivity (Wildman–Crippen MR) is 111 cm³/mol. The summed E-state index contributed by atoms with van der Waals surface area (Å²) in [4.78, 5) is 24.8. The lowest BCUT2D eigenvalue weighted by atomic mass is 10.1. The molecule has 0 saturated carbocycles. The average molecular weight is 414 g/mol. The van der Waals surface area contributed by atoms with E-state index in [1.54, 1.807) is 19.2 Å². The van der Waals surface area contributed by atoms with Crippen LogP contribution in [-0.2, 0) is 16.1 Å². The second kappa shape index (κ2) is 9.44. The van der Waals surface area contributed by atoms with Crippen molar-refractivity contribution in [3.8, 4) is 5.75 Å². The zero-order chi connectivity index (χ0) is 20.8. The van der Waals surface area contributed by atoms with Crippen molar-refractivity contribution in [3.63, 3.8) is 0 Å².